The maximum absolute atomic E-state index is 12.9. The number of tetrazole rings is 1. The summed E-state index contributed by atoms with van der Waals surface area (Å²) in [6.07, 6.45) is -0.0894. The highest BCUT2D eigenvalue weighted by atomic mass is 16.5. The van der Waals surface area contributed by atoms with Crippen LogP contribution in [0.2, 0.25) is 0 Å². The predicted octanol–water partition coefficient (Wildman–Crippen LogP) is 3.13. The van der Waals surface area contributed by atoms with E-state index in [2.05, 4.69) is 15.4 Å². The summed E-state index contributed by atoms with van der Waals surface area (Å²) in [5.41, 5.74) is 2.58. The van der Waals surface area contributed by atoms with Crippen LogP contribution in [0.25, 0.3) is 11.4 Å². The second kappa shape index (κ2) is 7.90. The predicted molar refractivity (Wildman–Crippen MR) is 105 cm³/mol. The van der Waals surface area contributed by atoms with E-state index in [1.807, 2.05) is 73.3 Å². The van der Waals surface area contributed by atoms with Crippen molar-refractivity contribution >= 4 is 5.91 Å². The van der Waals surface area contributed by atoms with Crippen molar-refractivity contribution in [3.05, 3.63) is 65.7 Å². The number of rotatable bonds is 4. The van der Waals surface area contributed by atoms with Crippen molar-refractivity contribution in [3.63, 3.8) is 0 Å². The monoisotopic (exact) mass is 377 g/mol. The van der Waals surface area contributed by atoms with Crippen LogP contribution in [-0.2, 0) is 4.74 Å². The number of amides is 1. The second-order valence-corrected chi connectivity index (χ2v) is 7.13. The minimum Gasteiger partial charge on any atom is -0.370 e. The summed E-state index contributed by atoms with van der Waals surface area (Å²) < 4.78 is 5.86. The van der Waals surface area contributed by atoms with Crippen LogP contribution in [0, 0.1) is 0 Å². The SMILES string of the molecule is CC(C)n1nnc(-c2ccc(C(=O)N3CCO[C@H](c4ccccc4)C3)cc2)n1. The van der Waals surface area contributed by atoms with E-state index in [1.54, 1.807) is 4.80 Å². The van der Waals surface area contributed by atoms with E-state index in [0.29, 0.717) is 31.1 Å². The van der Waals surface area contributed by atoms with E-state index >= 15 is 0 Å². The third-order valence-corrected chi connectivity index (χ3v) is 4.81. The van der Waals surface area contributed by atoms with Crippen molar-refractivity contribution in [1.29, 1.82) is 0 Å². The first kappa shape index (κ1) is 18.3. The van der Waals surface area contributed by atoms with Gasteiger partial charge in [-0.1, -0.05) is 42.5 Å². The van der Waals surface area contributed by atoms with Gasteiger partial charge in [-0.15, -0.1) is 10.2 Å². The molecule has 1 amide bonds. The fourth-order valence-electron chi connectivity index (χ4n) is 3.21. The summed E-state index contributed by atoms with van der Waals surface area (Å²) in [7, 11) is 0. The van der Waals surface area contributed by atoms with Crippen LogP contribution in [0.1, 0.15) is 41.9 Å². The quantitative estimate of drug-likeness (QED) is 0.698. The Morgan fingerprint density at radius 2 is 1.86 bits per heavy atom. The molecule has 2 aromatic carbocycles. The number of carbonyl (C=O) groups excluding carboxylic acids is 1. The highest BCUT2D eigenvalue weighted by Gasteiger charge is 2.26. The van der Waals surface area contributed by atoms with Crippen LogP contribution >= 0.6 is 0 Å². The average molecular weight is 377 g/mol. The number of ether oxygens (including phenoxy) is 1. The van der Waals surface area contributed by atoms with Crippen LogP contribution < -0.4 is 0 Å². The maximum Gasteiger partial charge on any atom is 0.254 e. The van der Waals surface area contributed by atoms with Crippen LogP contribution in [-0.4, -0.2) is 50.7 Å². The summed E-state index contributed by atoms with van der Waals surface area (Å²) in [5.74, 6) is 0.567. The standard InChI is InChI=1S/C21H23N5O2/c1-15(2)26-23-20(22-24-26)17-8-10-18(11-9-17)21(27)25-12-13-28-19(14-25)16-6-4-3-5-7-16/h3-11,15,19H,12-14H2,1-2H3/t19-/m0/s1. The van der Waals surface area contributed by atoms with Gasteiger partial charge in [0, 0.05) is 17.7 Å². The van der Waals surface area contributed by atoms with E-state index in [9.17, 15) is 4.79 Å². The lowest BCUT2D eigenvalue weighted by molar-refractivity contribution is -0.0228. The van der Waals surface area contributed by atoms with Crippen molar-refractivity contribution in [2.75, 3.05) is 19.7 Å². The van der Waals surface area contributed by atoms with Crippen LogP contribution in [0.15, 0.2) is 54.6 Å². The van der Waals surface area contributed by atoms with Crippen molar-refractivity contribution in [3.8, 4) is 11.4 Å². The fraction of sp³-hybridized carbons (Fsp3) is 0.333. The molecule has 0 N–H and O–H groups in total. The Bertz CT molecular complexity index is 937. The Hall–Kier alpha value is -3.06. The molecular formula is C21H23N5O2. The van der Waals surface area contributed by atoms with E-state index in [1.165, 1.54) is 0 Å². The van der Waals surface area contributed by atoms with E-state index in [-0.39, 0.29) is 18.1 Å². The molecule has 7 nitrogen and oxygen atoms in total. The molecule has 144 valence electrons. The molecule has 2 heterocycles. The number of nitrogens with zero attached hydrogens (tertiary/aromatic N) is 5. The molecule has 0 aliphatic carbocycles. The topological polar surface area (TPSA) is 73.1 Å². The number of hydrogen-bond acceptors (Lipinski definition) is 5. The zero-order chi connectivity index (χ0) is 19.5. The number of benzene rings is 2. The minimum absolute atomic E-state index is 0.00887. The van der Waals surface area contributed by atoms with Gasteiger partial charge in [0.15, 0.2) is 0 Å². The van der Waals surface area contributed by atoms with Gasteiger partial charge in [0.1, 0.15) is 6.10 Å². The smallest absolute Gasteiger partial charge is 0.254 e. The van der Waals surface area contributed by atoms with Gasteiger partial charge in [-0.25, -0.2) is 0 Å². The Morgan fingerprint density at radius 3 is 2.54 bits per heavy atom. The molecular weight excluding hydrogens is 354 g/mol. The molecule has 0 radical (unpaired) electrons. The normalized spacial score (nSPS) is 17.1. The first-order valence-corrected chi connectivity index (χ1v) is 9.47. The number of hydrogen-bond donors (Lipinski definition) is 0. The molecule has 3 aromatic rings. The first-order valence-electron chi connectivity index (χ1n) is 9.47. The summed E-state index contributed by atoms with van der Waals surface area (Å²) >= 11 is 0. The fourth-order valence-corrected chi connectivity index (χ4v) is 3.21. The highest BCUT2D eigenvalue weighted by Crippen LogP contribution is 2.23. The molecule has 0 unspecified atom stereocenters. The zero-order valence-electron chi connectivity index (χ0n) is 16.0. The van der Waals surface area contributed by atoms with Gasteiger partial charge in [-0.3, -0.25) is 4.79 Å². The Morgan fingerprint density at radius 1 is 1.11 bits per heavy atom. The lowest BCUT2D eigenvalue weighted by Gasteiger charge is -2.33. The third kappa shape index (κ3) is 3.80. The molecule has 1 fully saturated rings. The molecule has 4 rings (SSSR count). The molecule has 1 aromatic heterocycles. The Kier molecular flexibility index (Phi) is 5.16. The molecule has 0 spiro atoms. The third-order valence-electron chi connectivity index (χ3n) is 4.81. The van der Waals surface area contributed by atoms with Crippen molar-refractivity contribution in [2.24, 2.45) is 0 Å². The van der Waals surface area contributed by atoms with Gasteiger partial charge in [-0.05, 0) is 36.8 Å². The summed E-state index contributed by atoms with van der Waals surface area (Å²) in [4.78, 5) is 16.4. The Balaban J connectivity index is 1.47. The van der Waals surface area contributed by atoms with Crippen molar-refractivity contribution in [2.45, 2.75) is 26.0 Å². The Labute approximate surface area is 163 Å². The molecule has 1 saturated heterocycles. The van der Waals surface area contributed by atoms with Gasteiger partial charge in [0.05, 0.1) is 19.2 Å². The molecule has 1 atom stereocenters. The molecule has 1 aliphatic rings. The summed E-state index contributed by atoms with van der Waals surface area (Å²) in [5, 5.41) is 12.5. The molecule has 28 heavy (non-hydrogen) atoms. The zero-order valence-corrected chi connectivity index (χ0v) is 16.0. The van der Waals surface area contributed by atoms with Crippen LogP contribution in [0.5, 0.6) is 0 Å². The van der Waals surface area contributed by atoms with Gasteiger partial charge in [0.25, 0.3) is 5.91 Å². The van der Waals surface area contributed by atoms with Crippen LogP contribution in [0.3, 0.4) is 0 Å². The largest absolute Gasteiger partial charge is 0.370 e. The van der Waals surface area contributed by atoms with E-state index in [4.69, 9.17) is 4.74 Å². The molecule has 1 aliphatic heterocycles. The first-order chi connectivity index (χ1) is 13.6. The van der Waals surface area contributed by atoms with Crippen molar-refractivity contribution in [1.82, 2.24) is 25.1 Å². The lowest BCUT2D eigenvalue weighted by atomic mass is 10.1. The number of morpholine rings is 1. The molecule has 7 heteroatoms. The lowest BCUT2D eigenvalue weighted by Crippen LogP contribution is -2.42. The van der Waals surface area contributed by atoms with Gasteiger partial charge >= 0.3 is 0 Å². The summed E-state index contributed by atoms with van der Waals surface area (Å²) in [6, 6.07) is 17.5. The molecule has 0 saturated carbocycles. The highest BCUT2D eigenvalue weighted by molar-refractivity contribution is 5.94. The minimum atomic E-state index is -0.0894. The van der Waals surface area contributed by atoms with Crippen LogP contribution in [0.4, 0.5) is 0 Å². The summed E-state index contributed by atoms with van der Waals surface area (Å²) in [6.45, 7) is 5.67. The van der Waals surface area contributed by atoms with Gasteiger partial charge in [0.2, 0.25) is 5.82 Å². The average Bonchev–Trinajstić information content (AvgIpc) is 3.25. The second-order valence-electron chi connectivity index (χ2n) is 7.13. The molecule has 0 bridgehead atoms. The van der Waals surface area contributed by atoms with Gasteiger partial charge < -0.3 is 9.64 Å². The van der Waals surface area contributed by atoms with E-state index < -0.39 is 0 Å². The van der Waals surface area contributed by atoms with Gasteiger partial charge in [-0.2, -0.15) is 4.80 Å². The maximum atomic E-state index is 12.9. The number of aromatic nitrogens is 4. The van der Waals surface area contributed by atoms with Crippen molar-refractivity contribution < 1.29 is 9.53 Å². The number of carbonyl (C=O) groups is 1. The van der Waals surface area contributed by atoms with E-state index in [0.717, 1.165) is 11.1 Å².